The first-order valence-corrected chi connectivity index (χ1v) is 13.2. The van der Waals surface area contributed by atoms with Crippen LogP contribution in [-0.4, -0.2) is 52.9 Å². The third-order valence-electron chi connectivity index (χ3n) is 10.1. The Labute approximate surface area is 218 Å². The minimum atomic E-state index is -1.52. The van der Waals surface area contributed by atoms with Crippen molar-refractivity contribution in [1.82, 2.24) is 0 Å². The van der Waals surface area contributed by atoms with Crippen LogP contribution >= 0.6 is 0 Å². The van der Waals surface area contributed by atoms with Gasteiger partial charge in [-0.1, -0.05) is 64.4 Å². The molecule has 3 saturated carbocycles. The van der Waals surface area contributed by atoms with Crippen molar-refractivity contribution in [3.05, 3.63) is 53.6 Å². The normalized spacial score (nSPS) is 42.3. The predicted octanol–water partition coefficient (Wildman–Crippen LogP) is 4.03. The van der Waals surface area contributed by atoms with Crippen molar-refractivity contribution < 1.29 is 34.0 Å². The highest BCUT2D eigenvalue weighted by molar-refractivity contribution is 5.87. The molecule has 3 fully saturated rings. The number of aliphatic hydroxyl groups is 2. The lowest BCUT2D eigenvalue weighted by molar-refractivity contribution is -0.332. The van der Waals surface area contributed by atoms with Gasteiger partial charge in [-0.05, 0) is 47.6 Å². The smallest absolute Gasteiger partial charge is 0.333 e. The first-order chi connectivity index (χ1) is 17.4. The van der Waals surface area contributed by atoms with Gasteiger partial charge in [0.15, 0.2) is 6.10 Å². The number of carbonyl (C=O) groups is 2. The molecule has 0 saturated heterocycles. The Bertz CT molecular complexity index is 1140. The minimum absolute atomic E-state index is 0.236. The average molecular weight is 511 g/mol. The van der Waals surface area contributed by atoms with Crippen molar-refractivity contribution in [1.29, 1.82) is 0 Å². The number of methoxy groups -OCH3 is 1. The Morgan fingerprint density at radius 3 is 2.54 bits per heavy atom. The van der Waals surface area contributed by atoms with Crippen LogP contribution in [0.2, 0.25) is 0 Å². The number of hydrogen-bond donors (Lipinski definition) is 2. The third kappa shape index (κ3) is 3.65. The number of fused-ring (bicyclic) bond motifs is 4. The summed E-state index contributed by atoms with van der Waals surface area (Å²) in [5.41, 5.74) is -1.36. The molecular formula is C30H38O7. The first-order valence-electron chi connectivity index (χ1n) is 13.2. The van der Waals surface area contributed by atoms with E-state index in [2.05, 4.69) is 0 Å². The number of rotatable bonds is 4. The van der Waals surface area contributed by atoms with Crippen LogP contribution in [0.3, 0.4) is 0 Å². The molecule has 1 aromatic carbocycles. The second-order valence-electron chi connectivity index (χ2n) is 12.2. The Kier molecular flexibility index (Phi) is 6.21. The van der Waals surface area contributed by atoms with E-state index < -0.39 is 46.4 Å². The fraction of sp³-hybridized carbons (Fsp3) is 0.600. The second-order valence-corrected chi connectivity index (χ2v) is 12.2. The molecule has 0 bridgehead atoms. The van der Waals surface area contributed by atoms with Crippen LogP contribution in [0.5, 0.6) is 0 Å². The number of hydrogen-bond acceptors (Lipinski definition) is 7. The predicted molar refractivity (Wildman–Crippen MR) is 137 cm³/mol. The van der Waals surface area contributed by atoms with Gasteiger partial charge in [-0.15, -0.1) is 0 Å². The van der Waals surface area contributed by atoms with E-state index in [9.17, 15) is 19.8 Å². The van der Waals surface area contributed by atoms with Gasteiger partial charge in [0.2, 0.25) is 5.79 Å². The Morgan fingerprint density at radius 1 is 1.16 bits per heavy atom. The van der Waals surface area contributed by atoms with Gasteiger partial charge < -0.3 is 24.4 Å². The van der Waals surface area contributed by atoms with E-state index in [4.69, 9.17) is 14.2 Å². The number of aliphatic hydroxyl groups excluding tert-OH is 1. The van der Waals surface area contributed by atoms with Crippen LogP contribution in [0.25, 0.3) is 6.08 Å². The maximum absolute atomic E-state index is 13.1. The van der Waals surface area contributed by atoms with E-state index >= 15 is 0 Å². The molecule has 7 heteroatoms. The molecule has 0 amide bonds. The molecule has 8 atom stereocenters. The molecule has 200 valence electrons. The van der Waals surface area contributed by atoms with Crippen LogP contribution < -0.4 is 0 Å². The van der Waals surface area contributed by atoms with Crippen molar-refractivity contribution >= 4 is 18.0 Å². The van der Waals surface area contributed by atoms with Gasteiger partial charge in [0, 0.05) is 36.7 Å². The highest BCUT2D eigenvalue weighted by Crippen LogP contribution is 2.69. The van der Waals surface area contributed by atoms with E-state index in [-0.39, 0.29) is 17.8 Å². The lowest BCUT2D eigenvalue weighted by atomic mass is 9.39. The number of esters is 2. The van der Waals surface area contributed by atoms with E-state index in [1.54, 1.807) is 6.08 Å². The summed E-state index contributed by atoms with van der Waals surface area (Å²) < 4.78 is 17.6. The summed E-state index contributed by atoms with van der Waals surface area (Å²) in [6, 6.07) is 9.41. The highest BCUT2D eigenvalue weighted by atomic mass is 16.7. The van der Waals surface area contributed by atoms with E-state index in [1.165, 1.54) is 19.3 Å². The van der Waals surface area contributed by atoms with Gasteiger partial charge in [0.25, 0.3) is 0 Å². The largest absolute Gasteiger partial charge is 0.453 e. The quantitative estimate of drug-likeness (QED) is 0.466. The maximum Gasteiger partial charge on any atom is 0.333 e. The Balaban J connectivity index is 1.57. The topological polar surface area (TPSA) is 102 Å². The monoisotopic (exact) mass is 510 g/mol. The summed E-state index contributed by atoms with van der Waals surface area (Å²) in [5.74, 6) is -3.16. The van der Waals surface area contributed by atoms with E-state index in [0.717, 1.165) is 18.4 Å². The Morgan fingerprint density at radius 2 is 1.86 bits per heavy atom. The van der Waals surface area contributed by atoms with Crippen LogP contribution in [0.4, 0.5) is 0 Å². The summed E-state index contributed by atoms with van der Waals surface area (Å²) in [4.78, 5) is 25.5. The Hall–Kier alpha value is -2.48. The lowest BCUT2D eigenvalue weighted by Crippen LogP contribution is -2.77. The molecule has 4 aliphatic rings. The lowest BCUT2D eigenvalue weighted by Gasteiger charge is -2.69. The second kappa shape index (κ2) is 8.79. The molecule has 1 aliphatic heterocycles. The molecule has 2 N–H and O–H groups in total. The van der Waals surface area contributed by atoms with Crippen molar-refractivity contribution in [3.8, 4) is 0 Å². The van der Waals surface area contributed by atoms with Crippen molar-refractivity contribution in [2.45, 2.75) is 77.0 Å². The standard InChI is InChI=1S/C30H38O7/c1-18-20-16-23(32)37-29(20,35-5)17-21-24(18)25(33)26(30(34)27(2,3)14-9-15-28(21,30)4)36-22(31)13-12-19-10-7-6-8-11-19/h6-8,10-13,16,18,21,24-26,33-34H,9,14-15,17H2,1-5H3/b13-12+. The van der Waals surface area contributed by atoms with Crippen molar-refractivity contribution in [3.63, 3.8) is 0 Å². The molecule has 1 heterocycles. The van der Waals surface area contributed by atoms with Crippen LogP contribution in [-0.2, 0) is 23.8 Å². The number of benzene rings is 1. The fourth-order valence-electron chi connectivity index (χ4n) is 8.26. The van der Waals surface area contributed by atoms with Crippen LogP contribution in [0.15, 0.2) is 48.1 Å². The molecule has 8 unspecified atom stereocenters. The van der Waals surface area contributed by atoms with Gasteiger partial charge in [0.05, 0.1) is 6.10 Å². The van der Waals surface area contributed by atoms with Gasteiger partial charge in [-0.25, -0.2) is 9.59 Å². The third-order valence-corrected chi connectivity index (χ3v) is 10.1. The molecule has 5 rings (SSSR count). The highest BCUT2D eigenvalue weighted by Gasteiger charge is 2.75. The molecule has 0 spiro atoms. The number of carbonyl (C=O) groups excluding carboxylic acids is 2. The summed E-state index contributed by atoms with van der Waals surface area (Å²) in [5, 5.41) is 24.6. The summed E-state index contributed by atoms with van der Waals surface area (Å²) in [6.45, 7) is 7.96. The molecule has 1 aromatic rings. The first kappa shape index (κ1) is 26.1. The van der Waals surface area contributed by atoms with Crippen LogP contribution in [0.1, 0.15) is 58.9 Å². The van der Waals surface area contributed by atoms with Gasteiger partial charge in [-0.2, -0.15) is 0 Å². The average Bonchev–Trinajstić information content (AvgIpc) is 3.21. The van der Waals surface area contributed by atoms with Gasteiger partial charge in [0.1, 0.15) is 5.60 Å². The fourth-order valence-corrected chi connectivity index (χ4v) is 8.26. The maximum atomic E-state index is 13.1. The molecule has 0 aromatic heterocycles. The molecule has 0 radical (unpaired) electrons. The minimum Gasteiger partial charge on any atom is -0.453 e. The van der Waals surface area contributed by atoms with E-state index in [0.29, 0.717) is 18.4 Å². The zero-order chi connectivity index (χ0) is 26.8. The summed E-state index contributed by atoms with van der Waals surface area (Å²) >= 11 is 0. The van der Waals surface area contributed by atoms with Crippen molar-refractivity contribution in [2.75, 3.05) is 7.11 Å². The zero-order valence-electron chi connectivity index (χ0n) is 22.3. The molecule has 7 nitrogen and oxygen atoms in total. The van der Waals surface area contributed by atoms with Gasteiger partial charge >= 0.3 is 11.9 Å². The molecule has 3 aliphatic carbocycles. The summed E-state index contributed by atoms with van der Waals surface area (Å²) in [7, 11) is 1.53. The van der Waals surface area contributed by atoms with Gasteiger partial charge in [-0.3, -0.25) is 0 Å². The molecular weight excluding hydrogens is 472 g/mol. The SMILES string of the molecule is COC12CC3C(C(C)C1=CC(=O)O2)C(O)C(OC(=O)/C=C/c1ccccc1)C1(O)C(C)(C)CCCC31C. The molecule has 37 heavy (non-hydrogen) atoms. The zero-order valence-corrected chi connectivity index (χ0v) is 22.3. The van der Waals surface area contributed by atoms with Crippen LogP contribution in [0, 0.1) is 28.6 Å². The number of ether oxygens (including phenoxy) is 3. The summed E-state index contributed by atoms with van der Waals surface area (Å²) in [6.07, 6.45) is 4.82. The van der Waals surface area contributed by atoms with Crippen molar-refractivity contribution in [2.24, 2.45) is 28.6 Å². The van der Waals surface area contributed by atoms with E-state index in [1.807, 2.05) is 58.0 Å².